The molecule has 0 saturated carbocycles. The summed E-state index contributed by atoms with van der Waals surface area (Å²) in [6.45, 7) is -0.129. The first kappa shape index (κ1) is 75.2. The minimum absolute atomic E-state index is 0.0264. The fourth-order valence-corrected chi connectivity index (χ4v) is 8.85. The van der Waals surface area contributed by atoms with Crippen molar-refractivity contribution in [2.24, 2.45) is 22.2 Å². The second kappa shape index (κ2) is 37.6. The molecule has 1 unspecified atom stereocenters. The maximum Gasteiger partial charge on any atom is 0.326 e. The Morgan fingerprint density at radius 1 is 0.602 bits per heavy atom. The van der Waals surface area contributed by atoms with Crippen molar-refractivity contribution in [1.82, 2.24) is 52.8 Å². The van der Waals surface area contributed by atoms with E-state index >= 15 is 0 Å². The number of nitrogens with two attached hydrogens (primary N) is 3. The van der Waals surface area contributed by atoms with Crippen LogP contribution in [-0.4, -0.2) is 246 Å². The number of aliphatic carboxylic acids is 4. The van der Waals surface area contributed by atoms with E-state index in [0.29, 0.717) is 5.56 Å². The standard InChI is InChI=1S/C51H78N14O22S/c1-23(52)40(76)64-39(24(2)68)48(84)57-28(14-17-88-3)42(78)56-27(6-4-15-55-51(53)54)41(77)61-32(18-25-8-10-26(69)11-9-25)49(85)65-16-5-7-35(65)47(83)63-34(22-67)46(82)60-30(19-37(72)73)43(79)59-31(20-38(74)75)44(80)62-33(21-66)45(81)58-29(50(86)87)12-13-36(70)71/h8-11,23-24,27-35,39,66-69H,4-7,12-22,52H2,1-3H3,(H,56,78)(H,57,84)(H,58,81)(H,59,79)(H,60,82)(H,61,77)(H,62,80)(H,63,83)(H,64,76)(H,70,71)(H,72,73)(H,74,75)(H,86,87)(H4,53,54,55)/t23-,24?,27-,28-,29-,30-,31-,32-,33-,34-,35-,39-/m0/s1. The molecule has 1 aromatic rings. The number of aliphatic hydroxyl groups excluding tert-OH is 3. The molecule has 23 N–H and O–H groups in total. The molecule has 1 aromatic carbocycles. The lowest BCUT2D eigenvalue weighted by atomic mass is 10.0. The number of guanidine groups is 1. The van der Waals surface area contributed by atoms with E-state index < -0.39 is 194 Å². The van der Waals surface area contributed by atoms with Gasteiger partial charge in [-0.1, -0.05) is 12.1 Å². The number of carboxylic acids is 4. The van der Waals surface area contributed by atoms with Crippen LogP contribution in [-0.2, 0) is 73.5 Å². The summed E-state index contributed by atoms with van der Waals surface area (Å²) in [7, 11) is 0. The molecule has 0 bridgehead atoms. The molecule has 490 valence electrons. The number of hydrogen-bond acceptors (Lipinski definition) is 21. The molecule has 37 heteroatoms. The van der Waals surface area contributed by atoms with Gasteiger partial charge in [-0.25, -0.2) is 4.79 Å². The zero-order valence-electron chi connectivity index (χ0n) is 48.2. The Morgan fingerprint density at radius 3 is 1.55 bits per heavy atom. The number of amides is 10. The molecule has 12 atom stereocenters. The number of benzene rings is 1. The third-order valence-electron chi connectivity index (χ3n) is 13.0. The number of carbonyl (C=O) groups excluding carboxylic acids is 10. The first-order valence-corrected chi connectivity index (χ1v) is 28.6. The number of phenols is 1. The summed E-state index contributed by atoms with van der Waals surface area (Å²) >= 11 is 1.30. The number of aromatic hydroxyl groups is 1. The van der Waals surface area contributed by atoms with Crippen LogP contribution in [0.15, 0.2) is 29.3 Å². The Bertz CT molecular complexity index is 2680. The van der Waals surface area contributed by atoms with Crippen molar-refractivity contribution in [2.75, 3.05) is 38.3 Å². The molecule has 0 aliphatic carbocycles. The van der Waals surface area contributed by atoms with Gasteiger partial charge in [0.25, 0.3) is 0 Å². The van der Waals surface area contributed by atoms with Crippen LogP contribution in [0, 0.1) is 0 Å². The fraction of sp³-hybridized carbons (Fsp3) is 0.588. The van der Waals surface area contributed by atoms with Crippen LogP contribution in [0.4, 0.5) is 0 Å². The zero-order chi connectivity index (χ0) is 66.5. The van der Waals surface area contributed by atoms with Crippen molar-refractivity contribution in [2.45, 2.75) is 151 Å². The summed E-state index contributed by atoms with van der Waals surface area (Å²) < 4.78 is 0. The monoisotopic (exact) mass is 1270 g/mol. The fourth-order valence-electron chi connectivity index (χ4n) is 8.38. The van der Waals surface area contributed by atoms with Crippen molar-refractivity contribution in [1.29, 1.82) is 0 Å². The topological polar surface area (TPSA) is 603 Å². The van der Waals surface area contributed by atoms with E-state index in [1.807, 2.05) is 21.3 Å². The molecule has 2 rings (SSSR count). The second-order valence-corrected chi connectivity index (χ2v) is 21.1. The van der Waals surface area contributed by atoms with Gasteiger partial charge in [0.05, 0.1) is 38.2 Å². The van der Waals surface area contributed by atoms with E-state index in [1.54, 1.807) is 6.26 Å². The number of carbonyl (C=O) groups is 14. The summed E-state index contributed by atoms with van der Waals surface area (Å²) in [5.74, 6) is -18.3. The van der Waals surface area contributed by atoms with Crippen molar-refractivity contribution in [3.63, 3.8) is 0 Å². The molecule has 36 nitrogen and oxygen atoms in total. The lowest BCUT2D eigenvalue weighted by molar-refractivity contribution is -0.145. The van der Waals surface area contributed by atoms with Gasteiger partial charge in [-0.2, -0.15) is 11.8 Å². The highest BCUT2D eigenvalue weighted by molar-refractivity contribution is 7.98. The molecule has 1 aliphatic rings. The first-order chi connectivity index (χ1) is 41.3. The number of rotatable bonds is 39. The van der Waals surface area contributed by atoms with Gasteiger partial charge in [-0.3, -0.25) is 67.3 Å². The van der Waals surface area contributed by atoms with Gasteiger partial charge >= 0.3 is 23.9 Å². The number of nitrogens with zero attached hydrogens (tertiary/aromatic N) is 2. The average Bonchev–Trinajstić information content (AvgIpc) is 3.43. The van der Waals surface area contributed by atoms with E-state index in [-0.39, 0.29) is 69.1 Å². The number of aliphatic hydroxyl groups is 3. The molecule has 88 heavy (non-hydrogen) atoms. The number of likely N-dealkylation sites (tertiary alicyclic amines) is 1. The Labute approximate surface area is 506 Å². The molecule has 1 heterocycles. The Hall–Kier alpha value is -8.94. The van der Waals surface area contributed by atoms with E-state index in [2.05, 4.69) is 31.6 Å². The second-order valence-electron chi connectivity index (χ2n) is 20.1. The van der Waals surface area contributed by atoms with Gasteiger partial charge in [-0.15, -0.1) is 0 Å². The van der Waals surface area contributed by atoms with Crippen molar-refractivity contribution >= 4 is 101 Å². The van der Waals surface area contributed by atoms with Gasteiger partial charge in [0.2, 0.25) is 59.1 Å². The lowest BCUT2D eigenvalue weighted by Gasteiger charge is -2.31. The van der Waals surface area contributed by atoms with Gasteiger partial charge < -0.3 is 111 Å². The third kappa shape index (κ3) is 26.0. The Morgan fingerprint density at radius 2 is 1.07 bits per heavy atom. The summed E-state index contributed by atoms with van der Waals surface area (Å²) in [5.41, 5.74) is 17.0. The summed E-state index contributed by atoms with van der Waals surface area (Å²) in [4.78, 5) is 188. The average molecular weight is 1270 g/mol. The van der Waals surface area contributed by atoms with Crippen LogP contribution in [0.2, 0.25) is 0 Å². The molecule has 0 spiro atoms. The van der Waals surface area contributed by atoms with Crippen molar-refractivity contribution in [3.05, 3.63) is 29.8 Å². The molecule has 10 amide bonds. The van der Waals surface area contributed by atoms with E-state index in [4.69, 9.17) is 22.3 Å². The molecule has 0 aromatic heterocycles. The lowest BCUT2D eigenvalue weighted by Crippen LogP contribution is -2.61. The quantitative estimate of drug-likeness (QED) is 0.0165. The molecule has 1 aliphatic heterocycles. The Balaban J connectivity index is 2.46. The smallest absolute Gasteiger partial charge is 0.326 e. The summed E-state index contributed by atoms with van der Waals surface area (Å²) in [6, 6.07) is -13.4. The summed E-state index contributed by atoms with van der Waals surface area (Å²) in [5, 5.41) is 98.0. The largest absolute Gasteiger partial charge is 0.508 e. The molecule has 1 saturated heterocycles. The van der Waals surface area contributed by atoms with Crippen LogP contribution in [0.5, 0.6) is 5.75 Å². The SMILES string of the molecule is CSCC[C@H](NC(=O)[C@@H](NC(=O)[C@H](C)N)C(C)O)C(=O)N[C@@H](CCCN=C(N)N)C(=O)N[C@@H](Cc1ccc(O)cc1)C(=O)N1CCC[C@H]1C(=O)N[C@@H](CO)C(=O)N[C@@H](CC(=O)O)C(=O)N[C@@H](CC(=O)O)C(=O)N[C@@H](CO)C(=O)N[C@@H](CCC(=O)O)C(=O)O. The number of nitrogens with one attached hydrogen (secondary N) is 9. The number of phenolic OH excluding ortho intramolecular Hbond substituents is 1. The molecular weight excluding hydrogens is 1190 g/mol. The minimum atomic E-state index is -2.21. The van der Waals surface area contributed by atoms with Crippen molar-refractivity contribution < 1.29 is 108 Å². The van der Waals surface area contributed by atoms with Crippen molar-refractivity contribution in [3.8, 4) is 5.75 Å². The van der Waals surface area contributed by atoms with E-state index in [1.165, 1.54) is 49.9 Å². The van der Waals surface area contributed by atoms with E-state index in [9.17, 15) is 103 Å². The first-order valence-electron chi connectivity index (χ1n) is 27.2. The number of carboxylic acid groups (broad SMARTS) is 4. The highest BCUT2D eigenvalue weighted by Gasteiger charge is 2.41. The van der Waals surface area contributed by atoms with Crippen LogP contribution < -0.4 is 65.1 Å². The third-order valence-corrected chi connectivity index (χ3v) is 13.7. The van der Waals surface area contributed by atoms with Gasteiger partial charge in [-0.05, 0) is 82.1 Å². The normalized spacial score (nSPS) is 16.4. The molecule has 1 fully saturated rings. The van der Waals surface area contributed by atoms with Gasteiger partial charge in [0.1, 0.15) is 66.2 Å². The van der Waals surface area contributed by atoms with Crippen LogP contribution in [0.25, 0.3) is 0 Å². The summed E-state index contributed by atoms with van der Waals surface area (Å²) in [6.07, 6.45) is -4.10. The van der Waals surface area contributed by atoms with Crippen LogP contribution in [0.1, 0.15) is 77.2 Å². The highest BCUT2D eigenvalue weighted by atomic mass is 32.2. The van der Waals surface area contributed by atoms with Crippen LogP contribution in [0.3, 0.4) is 0 Å². The Kier molecular flexibility index (Phi) is 32.1. The predicted octanol–water partition coefficient (Wildman–Crippen LogP) is -8.29. The predicted molar refractivity (Wildman–Crippen MR) is 305 cm³/mol. The zero-order valence-corrected chi connectivity index (χ0v) is 49.0. The maximum absolute atomic E-state index is 14.7. The molecule has 0 radical (unpaired) electrons. The molecular formula is C51H78N14O22S. The van der Waals surface area contributed by atoms with E-state index in [0.717, 1.165) is 4.90 Å². The maximum atomic E-state index is 14.7. The van der Waals surface area contributed by atoms with Gasteiger partial charge in [0, 0.05) is 25.9 Å². The van der Waals surface area contributed by atoms with Crippen LogP contribution >= 0.6 is 11.8 Å². The highest BCUT2D eigenvalue weighted by Crippen LogP contribution is 2.21. The number of thioether (sulfide) groups is 1. The number of aliphatic imine (C=N–C) groups is 1. The number of hydrogen-bond donors (Lipinski definition) is 20. The van der Waals surface area contributed by atoms with Gasteiger partial charge in [0.15, 0.2) is 5.96 Å². The minimum Gasteiger partial charge on any atom is -0.508 e.